The van der Waals surface area contributed by atoms with E-state index in [0.717, 1.165) is 19.3 Å². The molecule has 12 heavy (non-hydrogen) atoms. The van der Waals surface area contributed by atoms with Crippen molar-refractivity contribution in [1.82, 2.24) is 0 Å². The summed E-state index contributed by atoms with van der Waals surface area (Å²) in [5.74, 6) is 0.778. The van der Waals surface area contributed by atoms with Gasteiger partial charge in [0.05, 0.1) is 11.4 Å². The Labute approximate surface area is 81.5 Å². The lowest BCUT2D eigenvalue weighted by atomic mass is 9.90. The van der Waals surface area contributed by atoms with Crippen molar-refractivity contribution in [3.63, 3.8) is 0 Å². The summed E-state index contributed by atoms with van der Waals surface area (Å²) in [4.78, 5) is 11.3. The van der Waals surface area contributed by atoms with E-state index >= 15 is 0 Å². The molecule has 1 fully saturated rings. The topological polar surface area (TPSA) is 37.3 Å². The molecule has 0 aliphatic heterocycles. The molecule has 1 rings (SSSR count). The second kappa shape index (κ2) is 4.38. The van der Waals surface area contributed by atoms with E-state index in [-0.39, 0.29) is 17.8 Å². The van der Waals surface area contributed by atoms with Crippen molar-refractivity contribution in [2.45, 2.75) is 32.3 Å². The van der Waals surface area contributed by atoms with Crippen molar-refractivity contribution in [2.24, 2.45) is 11.8 Å². The average molecular weight is 235 g/mol. The first-order chi connectivity index (χ1) is 5.65. The lowest BCUT2D eigenvalue weighted by Gasteiger charge is -2.15. The molecular formula is C9H15BrO2. The van der Waals surface area contributed by atoms with Crippen LogP contribution in [-0.4, -0.2) is 22.3 Å². The Balaban J connectivity index is 2.42. The van der Waals surface area contributed by atoms with Gasteiger partial charge in [-0.3, -0.25) is 4.79 Å². The van der Waals surface area contributed by atoms with E-state index in [4.69, 9.17) is 0 Å². The van der Waals surface area contributed by atoms with Gasteiger partial charge in [-0.2, -0.15) is 0 Å². The first-order valence-electron chi connectivity index (χ1n) is 4.42. The van der Waals surface area contributed by atoms with Gasteiger partial charge < -0.3 is 5.11 Å². The van der Waals surface area contributed by atoms with E-state index in [9.17, 15) is 9.90 Å². The molecule has 3 heteroatoms. The summed E-state index contributed by atoms with van der Waals surface area (Å²) in [7, 11) is 0. The lowest BCUT2D eigenvalue weighted by Crippen LogP contribution is -2.20. The highest BCUT2D eigenvalue weighted by molar-refractivity contribution is 9.09. The molecule has 0 aromatic heterocycles. The normalized spacial score (nSPS) is 31.9. The Morgan fingerprint density at radius 2 is 2.33 bits per heavy atom. The molecule has 0 saturated heterocycles. The molecule has 0 bridgehead atoms. The van der Waals surface area contributed by atoms with Crippen molar-refractivity contribution in [1.29, 1.82) is 0 Å². The smallest absolute Gasteiger partial charge is 0.146 e. The zero-order valence-electron chi connectivity index (χ0n) is 7.29. The third-order valence-corrected chi connectivity index (χ3v) is 3.34. The Morgan fingerprint density at radius 1 is 1.67 bits per heavy atom. The van der Waals surface area contributed by atoms with E-state index < -0.39 is 0 Å². The first-order valence-corrected chi connectivity index (χ1v) is 5.54. The first kappa shape index (κ1) is 10.2. The summed E-state index contributed by atoms with van der Waals surface area (Å²) < 4.78 is 0. The summed E-state index contributed by atoms with van der Waals surface area (Å²) in [6, 6.07) is 0. The van der Waals surface area contributed by atoms with Crippen LogP contribution in [0.3, 0.4) is 0 Å². The van der Waals surface area contributed by atoms with Gasteiger partial charge in [0.2, 0.25) is 0 Å². The lowest BCUT2D eigenvalue weighted by molar-refractivity contribution is -0.121. The van der Waals surface area contributed by atoms with Crippen LogP contribution in [-0.2, 0) is 4.79 Å². The standard InChI is InChI=1S/C9H15BrO2/c1-6(9(12)5-10)7-2-3-8(11)4-7/h6-8,11H,2-5H2,1H3. The van der Waals surface area contributed by atoms with E-state index in [1.165, 1.54) is 0 Å². The molecule has 2 nitrogen and oxygen atoms in total. The quantitative estimate of drug-likeness (QED) is 0.756. The van der Waals surface area contributed by atoms with Crippen LogP contribution in [0.25, 0.3) is 0 Å². The highest BCUT2D eigenvalue weighted by Crippen LogP contribution is 2.32. The molecule has 0 amide bonds. The summed E-state index contributed by atoms with van der Waals surface area (Å²) in [5.41, 5.74) is 0. The number of aliphatic hydroxyl groups excluding tert-OH is 1. The van der Waals surface area contributed by atoms with Gasteiger partial charge in [0.25, 0.3) is 0 Å². The maximum absolute atomic E-state index is 11.3. The molecule has 0 spiro atoms. The molecule has 1 aliphatic rings. The van der Waals surface area contributed by atoms with E-state index in [1.807, 2.05) is 6.92 Å². The van der Waals surface area contributed by atoms with Crippen LogP contribution in [0.15, 0.2) is 0 Å². The average Bonchev–Trinajstić information content (AvgIpc) is 2.49. The van der Waals surface area contributed by atoms with Crippen molar-refractivity contribution in [3.05, 3.63) is 0 Å². The van der Waals surface area contributed by atoms with Crippen LogP contribution >= 0.6 is 15.9 Å². The highest BCUT2D eigenvalue weighted by Gasteiger charge is 2.30. The van der Waals surface area contributed by atoms with Crippen molar-refractivity contribution in [2.75, 3.05) is 5.33 Å². The van der Waals surface area contributed by atoms with Gasteiger partial charge in [-0.15, -0.1) is 0 Å². The van der Waals surface area contributed by atoms with Gasteiger partial charge in [-0.05, 0) is 25.2 Å². The molecule has 1 saturated carbocycles. The minimum atomic E-state index is -0.166. The second-order valence-electron chi connectivity index (χ2n) is 3.62. The number of rotatable bonds is 3. The predicted molar refractivity (Wildman–Crippen MR) is 51.3 cm³/mol. The van der Waals surface area contributed by atoms with Gasteiger partial charge in [0.1, 0.15) is 5.78 Å². The summed E-state index contributed by atoms with van der Waals surface area (Å²) in [5, 5.41) is 9.73. The fourth-order valence-corrected chi connectivity index (χ4v) is 2.34. The Hall–Kier alpha value is 0.110. The molecule has 1 N–H and O–H groups in total. The molecule has 3 atom stereocenters. The molecule has 0 aromatic rings. The number of alkyl halides is 1. The van der Waals surface area contributed by atoms with Gasteiger partial charge >= 0.3 is 0 Å². The van der Waals surface area contributed by atoms with E-state index in [1.54, 1.807) is 0 Å². The van der Waals surface area contributed by atoms with Crippen LogP contribution in [0.4, 0.5) is 0 Å². The van der Waals surface area contributed by atoms with Crippen molar-refractivity contribution >= 4 is 21.7 Å². The van der Waals surface area contributed by atoms with Gasteiger partial charge in [-0.25, -0.2) is 0 Å². The van der Waals surface area contributed by atoms with Gasteiger partial charge in [0.15, 0.2) is 0 Å². The van der Waals surface area contributed by atoms with Crippen LogP contribution < -0.4 is 0 Å². The fraction of sp³-hybridized carbons (Fsp3) is 0.889. The van der Waals surface area contributed by atoms with Gasteiger partial charge in [0, 0.05) is 5.92 Å². The van der Waals surface area contributed by atoms with Crippen LogP contribution in [0, 0.1) is 11.8 Å². The second-order valence-corrected chi connectivity index (χ2v) is 4.18. The number of hydrogen-bond acceptors (Lipinski definition) is 2. The van der Waals surface area contributed by atoms with E-state index in [0.29, 0.717) is 11.2 Å². The van der Waals surface area contributed by atoms with Crippen LogP contribution in [0.5, 0.6) is 0 Å². The summed E-state index contributed by atoms with van der Waals surface area (Å²) >= 11 is 3.17. The van der Waals surface area contributed by atoms with Crippen LogP contribution in [0.1, 0.15) is 26.2 Å². The Kier molecular flexibility index (Phi) is 3.72. The van der Waals surface area contributed by atoms with Crippen LogP contribution in [0.2, 0.25) is 0 Å². The Morgan fingerprint density at radius 3 is 2.75 bits per heavy atom. The maximum Gasteiger partial charge on any atom is 0.146 e. The number of halogens is 1. The van der Waals surface area contributed by atoms with Crippen molar-refractivity contribution < 1.29 is 9.90 Å². The number of aliphatic hydroxyl groups is 1. The third kappa shape index (κ3) is 2.30. The molecule has 70 valence electrons. The minimum absolute atomic E-state index is 0.113. The summed E-state index contributed by atoms with van der Waals surface area (Å²) in [6.07, 6.45) is 2.51. The Bertz CT molecular complexity index is 170. The summed E-state index contributed by atoms with van der Waals surface area (Å²) in [6.45, 7) is 1.96. The fourth-order valence-electron chi connectivity index (χ4n) is 1.83. The molecule has 0 radical (unpaired) electrons. The molecule has 0 aromatic carbocycles. The maximum atomic E-state index is 11.3. The number of hydrogen-bond donors (Lipinski definition) is 1. The molecule has 1 aliphatic carbocycles. The number of ketones is 1. The number of carbonyl (C=O) groups is 1. The number of Topliss-reactive ketones (excluding diaryl/α,β-unsaturated/α-hetero) is 1. The minimum Gasteiger partial charge on any atom is -0.393 e. The monoisotopic (exact) mass is 234 g/mol. The molecule has 0 heterocycles. The largest absolute Gasteiger partial charge is 0.393 e. The molecule has 3 unspecified atom stereocenters. The number of carbonyl (C=O) groups excluding carboxylic acids is 1. The SMILES string of the molecule is CC(C(=O)CBr)C1CCC(O)C1. The molecular weight excluding hydrogens is 220 g/mol. The van der Waals surface area contributed by atoms with Crippen molar-refractivity contribution in [3.8, 4) is 0 Å². The van der Waals surface area contributed by atoms with Gasteiger partial charge in [-0.1, -0.05) is 22.9 Å². The predicted octanol–water partition coefficient (Wildman–Crippen LogP) is 1.75. The zero-order valence-corrected chi connectivity index (χ0v) is 8.88. The highest BCUT2D eigenvalue weighted by atomic mass is 79.9. The third-order valence-electron chi connectivity index (χ3n) is 2.79. The van der Waals surface area contributed by atoms with E-state index in [2.05, 4.69) is 15.9 Å². The zero-order chi connectivity index (χ0) is 9.14.